The molecule has 3 heterocycles. The molecule has 3 aromatic rings. The van der Waals surface area contributed by atoms with Crippen molar-refractivity contribution >= 4 is 45.7 Å². The number of hydrogen-bond acceptors (Lipinski definition) is 5. The number of para-hydroxylation sites is 1. The zero-order valence-electron chi connectivity index (χ0n) is 15.1. The molecule has 27 heavy (non-hydrogen) atoms. The maximum Gasteiger partial charge on any atom is 0.295 e. The predicted molar refractivity (Wildman–Crippen MR) is 110 cm³/mol. The van der Waals surface area contributed by atoms with Gasteiger partial charge in [0.15, 0.2) is 0 Å². The van der Waals surface area contributed by atoms with Crippen LogP contribution < -0.4 is 0 Å². The van der Waals surface area contributed by atoms with Gasteiger partial charge in [-0.05, 0) is 31.7 Å². The minimum absolute atomic E-state index is 0.388. The molecule has 1 aliphatic rings. The van der Waals surface area contributed by atoms with Crippen LogP contribution in [-0.2, 0) is 4.79 Å². The SMILES string of the molecule is Cc1csc(SCC2CCN(C(=O)C(=O)c3c[nH]c4ccccc34)CC2)n1. The molecule has 7 heteroatoms. The van der Waals surface area contributed by atoms with E-state index in [1.807, 2.05) is 31.2 Å². The molecule has 1 amide bonds. The van der Waals surface area contributed by atoms with Gasteiger partial charge in [0, 0.05) is 47.0 Å². The van der Waals surface area contributed by atoms with E-state index in [0.717, 1.165) is 39.5 Å². The summed E-state index contributed by atoms with van der Waals surface area (Å²) in [6.45, 7) is 3.31. The molecule has 4 rings (SSSR count). The Morgan fingerprint density at radius 2 is 2.07 bits per heavy atom. The average Bonchev–Trinajstić information content (AvgIpc) is 3.31. The van der Waals surface area contributed by atoms with E-state index < -0.39 is 5.78 Å². The number of hydrogen-bond donors (Lipinski definition) is 1. The Labute approximate surface area is 166 Å². The first-order valence-electron chi connectivity index (χ1n) is 9.06. The van der Waals surface area contributed by atoms with Gasteiger partial charge in [-0.15, -0.1) is 11.3 Å². The lowest BCUT2D eigenvalue weighted by molar-refractivity contribution is -0.127. The Balaban J connectivity index is 1.33. The molecule has 0 atom stereocenters. The van der Waals surface area contributed by atoms with Crippen molar-refractivity contribution in [3.63, 3.8) is 0 Å². The fourth-order valence-electron chi connectivity index (χ4n) is 3.41. The molecule has 140 valence electrons. The van der Waals surface area contributed by atoms with E-state index in [2.05, 4.69) is 15.3 Å². The summed E-state index contributed by atoms with van der Waals surface area (Å²) in [4.78, 5) is 34.6. The number of nitrogens with one attached hydrogen (secondary N) is 1. The quantitative estimate of drug-likeness (QED) is 0.398. The lowest BCUT2D eigenvalue weighted by Crippen LogP contribution is -2.42. The largest absolute Gasteiger partial charge is 0.360 e. The zero-order chi connectivity index (χ0) is 18.8. The number of likely N-dealkylation sites (tertiary alicyclic amines) is 1. The van der Waals surface area contributed by atoms with Crippen molar-refractivity contribution in [3.05, 3.63) is 47.1 Å². The molecule has 0 aliphatic carbocycles. The van der Waals surface area contributed by atoms with Crippen molar-refractivity contribution in [1.82, 2.24) is 14.9 Å². The summed E-state index contributed by atoms with van der Waals surface area (Å²) in [5, 5.41) is 2.88. The van der Waals surface area contributed by atoms with Crippen molar-refractivity contribution in [2.24, 2.45) is 5.92 Å². The molecule has 2 aromatic heterocycles. The Kier molecular flexibility index (Phi) is 5.31. The Bertz CT molecular complexity index is 970. The van der Waals surface area contributed by atoms with Crippen molar-refractivity contribution in [2.75, 3.05) is 18.8 Å². The van der Waals surface area contributed by atoms with Crippen molar-refractivity contribution in [3.8, 4) is 0 Å². The van der Waals surface area contributed by atoms with Crippen LogP contribution in [0.2, 0.25) is 0 Å². The number of carbonyl (C=O) groups excluding carboxylic acids is 2. The number of carbonyl (C=O) groups is 2. The molecule has 1 N–H and O–H groups in total. The highest BCUT2D eigenvalue weighted by Gasteiger charge is 2.29. The maximum atomic E-state index is 12.7. The molecule has 0 unspecified atom stereocenters. The van der Waals surface area contributed by atoms with Crippen LogP contribution in [0.1, 0.15) is 28.9 Å². The van der Waals surface area contributed by atoms with Gasteiger partial charge in [0.2, 0.25) is 0 Å². The van der Waals surface area contributed by atoms with Crippen molar-refractivity contribution in [1.29, 1.82) is 0 Å². The molecule has 1 aromatic carbocycles. The molecular formula is C20H21N3O2S2. The van der Waals surface area contributed by atoms with Crippen LogP contribution in [0.5, 0.6) is 0 Å². The Morgan fingerprint density at radius 3 is 2.81 bits per heavy atom. The van der Waals surface area contributed by atoms with Gasteiger partial charge in [-0.2, -0.15) is 0 Å². The lowest BCUT2D eigenvalue weighted by atomic mass is 9.98. The average molecular weight is 400 g/mol. The van der Waals surface area contributed by atoms with Gasteiger partial charge < -0.3 is 9.88 Å². The molecule has 0 spiro atoms. The molecule has 0 radical (unpaired) electrons. The van der Waals surface area contributed by atoms with Crippen LogP contribution in [0.3, 0.4) is 0 Å². The summed E-state index contributed by atoms with van der Waals surface area (Å²) < 4.78 is 1.11. The summed E-state index contributed by atoms with van der Waals surface area (Å²) in [7, 11) is 0. The monoisotopic (exact) mass is 399 g/mol. The summed E-state index contributed by atoms with van der Waals surface area (Å²) in [6.07, 6.45) is 3.51. The minimum Gasteiger partial charge on any atom is -0.360 e. The third kappa shape index (κ3) is 3.94. The number of benzene rings is 1. The van der Waals surface area contributed by atoms with Crippen LogP contribution in [0, 0.1) is 12.8 Å². The Morgan fingerprint density at radius 1 is 1.30 bits per heavy atom. The number of rotatable bonds is 5. The molecule has 0 bridgehead atoms. The molecular weight excluding hydrogens is 378 g/mol. The third-order valence-corrected chi connectivity index (χ3v) is 7.34. The maximum absolute atomic E-state index is 12.7. The molecule has 0 saturated carbocycles. The lowest BCUT2D eigenvalue weighted by Gasteiger charge is -2.31. The minimum atomic E-state index is -0.418. The van der Waals surface area contributed by atoms with Gasteiger partial charge in [-0.3, -0.25) is 9.59 Å². The number of piperidine rings is 1. The number of amides is 1. The normalized spacial score (nSPS) is 15.4. The number of thioether (sulfide) groups is 1. The first-order chi connectivity index (χ1) is 13.1. The van der Waals surface area contributed by atoms with Crippen LogP contribution in [0.4, 0.5) is 0 Å². The summed E-state index contributed by atoms with van der Waals surface area (Å²) in [5.74, 6) is 0.775. The second kappa shape index (κ2) is 7.86. The van der Waals surface area contributed by atoms with Gasteiger partial charge in [0.25, 0.3) is 11.7 Å². The number of aromatic amines is 1. The number of aryl methyl sites for hydroxylation is 1. The number of thiazole rings is 1. The number of fused-ring (bicyclic) bond motifs is 1. The smallest absolute Gasteiger partial charge is 0.295 e. The van der Waals surface area contributed by atoms with E-state index in [1.54, 1.807) is 34.2 Å². The highest BCUT2D eigenvalue weighted by molar-refractivity contribution is 8.01. The van der Waals surface area contributed by atoms with E-state index in [0.29, 0.717) is 24.6 Å². The molecule has 1 fully saturated rings. The highest BCUT2D eigenvalue weighted by Crippen LogP contribution is 2.29. The van der Waals surface area contributed by atoms with E-state index in [1.165, 1.54) is 0 Å². The molecule has 5 nitrogen and oxygen atoms in total. The van der Waals surface area contributed by atoms with E-state index in [4.69, 9.17) is 0 Å². The highest BCUT2D eigenvalue weighted by atomic mass is 32.2. The van der Waals surface area contributed by atoms with E-state index in [-0.39, 0.29) is 5.91 Å². The third-order valence-electron chi connectivity index (χ3n) is 4.97. The molecule has 1 aliphatic heterocycles. The van der Waals surface area contributed by atoms with E-state index >= 15 is 0 Å². The van der Waals surface area contributed by atoms with Crippen LogP contribution in [0.15, 0.2) is 40.2 Å². The number of Topliss-reactive ketones (excluding diaryl/α,β-unsaturated/α-hetero) is 1. The molecule has 1 saturated heterocycles. The number of nitrogens with zero attached hydrogens (tertiary/aromatic N) is 2. The second-order valence-electron chi connectivity index (χ2n) is 6.88. The summed E-state index contributed by atoms with van der Waals surface area (Å²) >= 11 is 3.48. The zero-order valence-corrected chi connectivity index (χ0v) is 16.7. The summed E-state index contributed by atoms with van der Waals surface area (Å²) in [5.41, 5.74) is 2.41. The second-order valence-corrected chi connectivity index (χ2v) is 9.00. The summed E-state index contributed by atoms with van der Waals surface area (Å²) in [6, 6.07) is 7.56. The first-order valence-corrected chi connectivity index (χ1v) is 10.9. The van der Waals surface area contributed by atoms with Crippen LogP contribution in [-0.4, -0.2) is 45.4 Å². The predicted octanol–water partition coefficient (Wildman–Crippen LogP) is 4.15. The Hall–Kier alpha value is -2.12. The van der Waals surface area contributed by atoms with Crippen LogP contribution >= 0.6 is 23.1 Å². The van der Waals surface area contributed by atoms with Crippen LogP contribution in [0.25, 0.3) is 10.9 Å². The van der Waals surface area contributed by atoms with Gasteiger partial charge in [-0.1, -0.05) is 30.0 Å². The fraction of sp³-hybridized carbons (Fsp3) is 0.350. The number of H-pyrrole nitrogens is 1. The first kappa shape index (κ1) is 18.3. The number of aromatic nitrogens is 2. The number of ketones is 1. The fourth-order valence-corrected chi connectivity index (χ4v) is 5.47. The van der Waals surface area contributed by atoms with Gasteiger partial charge in [0.1, 0.15) is 4.34 Å². The van der Waals surface area contributed by atoms with E-state index in [9.17, 15) is 9.59 Å². The van der Waals surface area contributed by atoms with Crippen molar-refractivity contribution < 1.29 is 9.59 Å². The van der Waals surface area contributed by atoms with Gasteiger partial charge in [0.05, 0.1) is 5.56 Å². The van der Waals surface area contributed by atoms with Gasteiger partial charge in [-0.25, -0.2) is 4.98 Å². The van der Waals surface area contributed by atoms with Gasteiger partial charge >= 0.3 is 0 Å². The standard InChI is InChI=1S/C20H21N3O2S2/c1-13-11-26-20(22-13)27-12-14-6-8-23(9-7-14)19(25)18(24)16-10-21-17-5-3-2-4-15(16)17/h2-5,10-11,14,21H,6-9,12H2,1H3. The van der Waals surface area contributed by atoms with Crippen molar-refractivity contribution in [2.45, 2.75) is 24.1 Å². The topological polar surface area (TPSA) is 66.1 Å².